The number of carbonyl (C=O) groups excluding carboxylic acids is 1. The number of hydrogen-bond acceptors (Lipinski definition) is 2. The zero-order valence-corrected chi connectivity index (χ0v) is 15.5. The van der Waals surface area contributed by atoms with E-state index in [-0.39, 0.29) is 22.8 Å². The third-order valence-corrected chi connectivity index (χ3v) is 6.74. The predicted molar refractivity (Wildman–Crippen MR) is 101 cm³/mol. The maximum atomic E-state index is 10.8. The summed E-state index contributed by atoms with van der Waals surface area (Å²) < 4.78 is 0. The van der Waals surface area contributed by atoms with Crippen molar-refractivity contribution in [1.82, 2.24) is 0 Å². The van der Waals surface area contributed by atoms with E-state index in [0.717, 1.165) is 23.1 Å². The fourth-order valence-electron chi connectivity index (χ4n) is 4.53. The van der Waals surface area contributed by atoms with Gasteiger partial charge in [0.15, 0.2) is 0 Å². The molecule has 0 spiro atoms. The Labute approximate surface area is 153 Å². The second-order valence-electron chi connectivity index (χ2n) is 7.63. The Morgan fingerprint density at radius 1 is 1.40 bits per heavy atom. The number of hydrogen-bond donors (Lipinski definition) is 0. The Hall–Kier alpha value is -2.14. The van der Waals surface area contributed by atoms with Crippen molar-refractivity contribution >= 4 is 28.9 Å². The summed E-state index contributed by atoms with van der Waals surface area (Å²) in [5, 5.41) is -0.123. The first-order valence-corrected chi connectivity index (χ1v) is 8.82. The van der Waals surface area contributed by atoms with Crippen molar-refractivity contribution in [2.45, 2.75) is 38.6 Å². The molecule has 3 nitrogen and oxygen atoms in total. The highest BCUT2D eigenvalue weighted by Crippen LogP contribution is 2.66. The minimum Gasteiger partial charge on any atom is -0.308 e. The van der Waals surface area contributed by atoms with Crippen LogP contribution < -0.4 is 0 Å². The van der Waals surface area contributed by atoms with Gasteiger partial charge in [-0.2, -0.15) is 4.99 Å². The molecule has 0 saturated heterocycles. The van der Waals surface area contributed by atoms with E-state index >= 15 is 0 Å². The molecule has 2 aliphatic carbocycles. The molecule has 3 rings (SSSR count). The van der Waals surface area contributed by atoms with Crippen molar-refractivity contribution in [3.8, 4) is 0 Å². The van der Waals surface area contributed by atoms with Gasteiger partial charge >= 0.3 is 0 Å². The molecule has 0 amide bonds. The minimum atomic E-state index is -0.472. The highest BCUT2D eigenvalue weighted by molar-refractivity contribution is 6.21. The first-order valence-electron chi connectivity index (χ1n) is 8.39. The lowest BCUT2D eigenvalue weighted by Gasteiger charge is -2.56. The summed E-state index contributed by atoms with van der Waals surface area (Å²) in [4.78, 5) is 18.6. The number of benzene rings is 1. The van der Waals surface area contributed by atoms with E-state index in [1.165, 1.54) is 0 Å². The van der Waals surface area contributed by atoms with E-state index in [4.69, 9.17) is 18.2 Å². The molecule has 0 radical (unpaired) electrons. The van der Waals surface area contributed by atoms with Gasteiger partial charge in [0, 0.05) is 11.1 Å². The number of nitrogens with zero attached hydrogens (tertiary/aromatic N) is 2. The number of rotatable bonds is 3. The lowest BCUT2D eigenvalue weighted by Crippen LogP contribution is -2.54. The van der Waals surface area contributed by atoms with Crippen LogP contribution in [0.1, 0.15) is 32.8 Å². The van der Waals surface area contributed by atoms with Crippen LogP contribution in [0.25, 0.3) is 10.4 Å². The van der Waals surface area contributed by atoms with Gasteiger partial charge in [-0.25, -0.2) is 11.4 Å². The molecular weight excluding hydrogens is 332 g/mol. The second-order valence-corrected chi connectivity index (χ2v) is 8.16. The van der Waals surface area contributed by atoms with Gasteiger partial charge in [-0.3, -0.25) is 0 Å². The summed E-state index contributed by atoms with van der Waals surface area (Å²) in [5.74, 6) is 0.255. The molecule has 0 aromatic heterocycles. The number of halogens is 1. The second kappa shape index (κ2) is 5.99. The Bertz CT molecular complexity index is 857. The molecule has 0 aliphatic heterocycles. The number of fused-ring (bicyclic) bond motifs is 1. The molecular formula is C21H21ClN2O. The minimum absolute atomic E-state index is 0.123. The van der Waals surface area contributed by atoms with Gasteiger partial charge in [0.05, 0.1) is 16.5 Å². The van der Waals surface area contributed by atoms with E-state index in [1.807, 2.05) is 37.3 Å². The van der Waals surface area contributed by atoms with Gasteiger partial charge in [-0.1, -0.05) is 38.1 Å². The largest absolute Gasteiger partial charge is 0.308 e. The lowest BCUT2D eigenvalue weighted by molar-refractivity contribution is 0.177. The van der Waals surface area contributed by atoms with Crippen molar-refractivity contribution in [1.29, 1.82) is 0 Å². The zero-order chi connectivity index (χ0) is 18.4. The van der Waals surface area contributed by atoms with Crippen LogP contribution in [0.5, 0.6) is 0 Å². The van der Waals surface area contributed by atoms with Crippen molar-refractivity contribution in [2.75, 3.05) is 0 Å². The van der Waals surface area contributed by atoms with Crippen molar-refractivity contribution in [3.05, 3.63) is 59.5 Å². The van der Waals surface area contributed by atoms with Crippen LogP contribution >= 0.6 is 11.6 Å². The number of allylic oxidation sites excluding steroid dienone is 1. The molecule has 4 atom stereocenters. The summed E-state index contributed by atoms with van der Waals surface area (Å²) in [6.07, 6.45) is 4.29. The number of aliphatic imine (C=N–C) groups is 1. The first-order chi connectivity index (χ1) is 11.8. The Morgan fingerprint density at radius 3 is 2.68 bits per heavy atom. The van der Waals surface area contributed by atoms with E-state index in [0.29, 0.717) is 5.69 Å². The van der Waals surface area contributed by atoms with E-state index in [9.17, 15) is 4.79 Å². The number of isocyanates is 1. The molecule has 1 fully saturated rings. The van der Waals surface area contributed by atoms with E-state index in [1.54, 1.807) is 6.08 Å². The van der Waals surface area contributed by atoms with Crippen LogP contribution in [0.3, 0.4) is 0 Å². The van der Waals surface area contributed by atoms with Gasteiger partial charge in [-0.15, -0.1) is 18.2 Å². The maximum absolute atomic E-state index is 10.8. The van der Waals surface area contributed by atoms with Crippen LogP contribution in [0, 0.1) is 23.3 Å². The van der Waals surface area contributed by atoms with Gasteiger partial charge in [0.2, 0.25) is 6.08 Å². The average Bonchev–Trinajstić information content (AvgIpc) is 2.59. The van der Waals surface area contributed by atoms with Crippen LogP contribution in [0.4, 0.5) is 5.69 Å². The normalized spacial score (nSPS) is 32.7. The van der Waals surface area contributed by atoms with Crippen molar-refractivity contribution in [3.63, 3.8) is 0 Å². The average molecular weight is 353 g/mol. The summed E-state index contributed by atoms with van der Waals surface area (Å²) >= 11 is 6.69. The maximum Gasteiger partial charge on any atom is 0.255 e. The summed E-state index contributed by atoms with van der Waals surface area (Å²) in [6.45, 7) is 18.1. The van der Waals surface area contributed by atoms with Gasteiger partial charge in [-0.05, 0) is 36.3 Å². The molecule has 1 saturated carbocycles. The fraction of sp³-hybridized carbons (Fsp3) is 0.429. The summed E-state index contributed by atoms with van der Waals surface area (Å²) in [7, 11) is 0. The predicted octanol–water partition coefficient (Wildman–Crippen LogP) is 5.55. The third kappa shape index (κ3) is 2.33. The van der Waals surface area contributed by atoms with Crippen LogP contribution in [0.15, 0.2) is 47.5 Å². The third-order valence-electron chi connectivity index (χ3n) is 6.09. The first kappa shape index (κ1) is 17.7. The Balaban J connectivity index is 2.28. The molecule has 1 aromatic carbocycles. The molecule has 0 unspecified atom stereocenters. The molecule has 1 aromatic rings. The summed E-state index contributed by atoms with van der Waals surface area (Å²) in [6, 6.07) is 7.22. The molecule has 0 N–H and O–H groups in total. The molecule has 0 bridgehead atoms. The smallest absolute Gasteiger partial charge is 0.255 e. The SMILES string of the molecule is [C-]#[N+][C@H]1C2=C(c3ccccc3N=C=O)C(C)(C)[C@H]2C[C@@H](Cl)[C@@]1(C)C=C. The molecule has 0 heterocycles. The van der Waals surface area contributed by atoms with Crippen molar-refractivity contribution < 1.29 is 4.79 Å². The molecule has 25 heavy (non-hydrogen) atoms. The number of para-hydroxylation sites is 1. The quantitative estimate of drug-likeness (QED) is 0.231. The van der Waals surface area contributed by atoms with Crippen LogP contribution in [0.2, 0.25) is 0 Å². The van der Waals surface area contributed by atoms with Gasteiger partial charge < -0.3 is 4.85 Å². The topological polar surface area (TPSA) is 33.8 Å². The fourth-order valence-corrected chi connectivity index (χ4v) is 4.92. The van der Waals surface area contributed by atoms with Crippen molar-refractivity contribution in [2.24, 2.45) is 21.7 Å². The molecule has 2 aliphatic rings. The zero-order valence-electron chi connectivity index (χ0n) is 14.7. The van der Waals surface area contributed by atoms with Gasteiger partial charge in [0.25, 0.3) is 6.04 Å². The molecule has 4 heteroatoms. The highest BCUT2D eigenvalue weighted by atomic mass is 35.5. The number of alkyl halides is 1. The van der Waals surface area contributed by atoms with Crippen LogP contribution in [-0.2, 0) is 4.79 Å². The Morgan fingerprint density at radius 2 is 2.08 bits per heavy atom. The highest BCUT2D eigenvalue weighted by Gasteiger charge is 2.62. The van der Waals surface area contributed by atoms with E-state index in [2.05, 4.69) is 30.3 Å². The lowest BCUT2D eigenvalue weighted by atomic mass is 9.47. The monoisotopic (exact) mass is 352 g/mol. The van der Waals surface area contributed by atoms with E-state index < -0.39 is 5.41 Å². The standard InChI is InChI=1S/C21H21ClN2O/c1-6-21(4)16(22)11-14-17(19(21)23-5)18(20(14,2)3)13-9-7-8-10-15(13)24-12-25/h6-10,14,16,19H,1,11H2,2-4H3/t14-,16+,19-,21+/m0/s1. The summed E-state index contributed by atoms with van der Waals surface area (Å²) in [5.41, 5.74) is 3.17. The molecule has 128 valence electrons. The van der Waals surface area contributed by atoms with Gasteiger partial charge in [0.1, 0.15) is 0 Å². The van der Waals surface area contributed by atoms with Crippen LogP contribution in [-0.4, -0.2) is 17.5 Å². The Kier molecular flexibility index (Phi) is 4.23.